The number of methoxy groups -OCH3 is 2. The van der Waals surface area contributed by atoms with E-state index in [4.69, 9.17) is 9.47 Å². The van der Waals surface area contributed by atoms with E-state index in [-0.39, 0.29) is 42.0 Å². The molecule has 54 heavy (non-hydrogen) atoms. The highest BCUT2D eigenvalue weighted by molar-refractivity contribution is 5.90. The first-order chi connectivity index (χ1) is 25.5. The van der Waals surface area contributed by atoms with Crippen molar-refractivity contribution in [2.45, 2.75) is 129 Å². The molecular weight excluding hydrogens is 692 g/mol. The summed E-state index contributed by atoms with van der Waals surface area (Å²) in [4.78, 5) is 63.4. The van der Waals surface area contributed by atoms with E-state index in [1.54, 1.807) is 63.8 Å². The zero-order valence-corrected chi connectivity index (χ0v) is 34.4. The Labute approximate surface area is 322 Å². The molecule has 15 nitrogen and oxygen atoms in total. The van der Waals surface area contributed by atoms with Crippen LogP contribution in [0.1, 0.15) is 85.8 Å². The summed E-state index contributed by atoms with van der Waals surface area (Å²) in [6.45, 7) is 13.4. The van der Waals surface area contributed by atoms with E-state index in [1.165, 1.54) is 19.1 Å². The maximum Gasteiger partial charge on any atom is 0.245 e. The number of hydrogen-bond acceptors (Lipinski definition) is 9. The van der Waals surface area contributed by atoms with E-state index in [0.717, 1.165) is 6.42 Å². The van der Waals surface area contributed by atoms with Crippen LogP contribution in [-0.4, -0.2) is 134 Å². The van der Waals surface area contributed by atoms with Crippen LogP contribution >= 0.6 is 0 Å². The molecule has 1 aliphatic rings. The number of amides is 4. The van der Waals surface area contributed by atoms with Crippen LogP contribution in [0.15, 0.2) is 35.4 Å². The van der Waals surface area contributed by atoms with Gasteiger partial charge in [0.25, 0.3) is 0 Å². The Kier molecular flexibility index (Phi) is 18.9. The molecule has 4 amide bonds. The second kappa shape index (κ2) is 22.0. The van der Waals surface area contributed by atoms with Gasteiger partial charge in [-0.25, -0.2) is 0 Å². The molecule has 15 heteroatoms. The number of aliphatic hydroxyl groups excluding tert-OH is 1. The van der Waals surface area contributed by atoms with Crippen molar-refractivity contribution in [2.75, 3.05) is 41.9 Å². The number of benzene rings is 1. The van der Waals surface area contributed by atoms with Gasteiger partial charge in [0.05, 0.1) is 60.9 Å². The summed E-state index contributed by atoms with van der Waals surface area (Å²) in [5.74, 6) is -2.13. The molecule has 1 fully saturated rings. The van der Waals surface area contributed by atoms with Gasteiger partial charge in [-0.2, -0.15) is 0 Å². The third-order valence-corrected chi connectivity index (χ3v) is 11.0. The maximum absolute atomic E-state index is 14.3. The van der Waals surface area contributed by atoms with E-state index in [1.807, 2.05) is 45.9 Å². The Hall–Kier alpha value is -3.75. The fourth-order valence-corrected chi connectivity index (χ4v) is 7.81. The highest BCUT2D eigenvalue weighted by Gasteiger charge is 2.43. The summed E-state index contributed by atoms with van der Waals surface area (Å²) in [5.41, 5.74) is 9.94. The van der Waals surface area contributed by atoms with Gasteiger partial charge in [0.2, 0.25) is 23.6 Å². The van der Waals surface area contributed by atoms with E-state index >= 15 is 0 Å². The molecule has 0 unspecified atom stereocenters. The molecule has 1 saturated heterocycles. The Bertz CT molecular complexity index is 1400. The molecule has 1 heterocycles. The minimum Gasteiger partial charge on any atom is -0.386 e. The van der Waals surface area contributed by atoms with Crippen LogP contribution in [0.25, 0.3) is 10.4 Å². The number of likely N-dealkylation sites (N-methyl/N-ethyl adjacent to an activating group) is 2. The first-order valence-corrected chi connectivity index (χ1v) is 19.1. The van der Waals surface area contributed by atoms with Crippen LogP contribution in [0.2, 0.25) is 0 Å². The monoisotopic (exact) mass is 759 g/mol. The van der Waals surface area contributed by atoms with Crippen molar-refractivity contribution in [2.24, 2.45) is 22.9 Å². The molecule has 0 radical (unpaired) electrons. The van der Waals surface area contributed by atoms with E-state index in [9.17, 15) is 29.8 Å². The highest BCUT2D eigenvalue weighted by Crippen LogP contribution is 2.30. The number of carbonyl (C=O) groups excluding carboxylic acids is 4. The smallest absolute Gasteiger partial charge is 0.245 e. The molecule has 2 rings (SSSR count). The number of hydrogen-bond donors (Lipinski definition) is 3. The van der Waals surface area contributed by atoms with Gasteiger partial charge in [0, 0.05) is 32.7 Å². The molecule has 0 aromatic heterocycles. The van der Waals surface area contributed by atoms with E-state index in [0.29, 0.717) is 24.9 Å². The van der Waals surface area contributed by atoms with Crippen LogP contribution in [0, 0.1) is 17.8 Å². The lowest BCUT2D eigenvalue weighted by atomic mass is 9.89. The molecular formula is C39H66N8O7. The van der Waals surface area contributed by atoms with Crippen LogP contribution in [-0.2, 0) is 28.7 Å². The summed E-state index contributed by atoms with van der Waals surface area (Å²) in [5, 5.41) is 20.4. The normalized spacial score (nSPS) is 20.1. The van der Waals surface area contributed by atoms with Gasteiger partial charge < -0.3 is 35.0 Å². The van der Waals surface area contributed by atoms with Crippen molar-refractivity contribution in [1.29, 1.82) is 0 Å². The van der Waals surface area contributed by atoms with Gasteiger partial charge in [-0.15, -0.1) is 0 Å². The third-order valence-electron chi connectivity index (χ3n) is 11.0. The number of rotatable bonds is 21. The fourth-order valence-electron chi connectivity index (χ4n) is 7.81. The van der Waals surface area contributed by atoms with Gasteiger partial charge in [-0.1, -0.05) is 83.4 Å². The van der Waals surface area contributed by atoms with Crippen molar-refractivity contribution in [1.82, 2.24) is 25.3 Å². The lowest BCUT2D eigenvalue weighted by molar-refractivity contribution is -0.147. The van der Waals surface area contributed by atoms with Crippen LogP contribution in [0.4, 0.5) is 0 Å². The molecule has 0 bridgehead atoms. The molecule has 0 saturated carbocycles. The largest absolute Gasteiger partial charge is 0.386 e. The number of ether oxygens (including phenoxy) is 2. The lowest BCUT2D eigenvalue weighted by Crippen LogP contribution is -2.60. The molecule has 1 aliphatic heterocycles. The minimum absolute atomic E-state index is 0.0457. The molecule has 304 valence electrons. The number of nitrogens with one attached hydrogen (secondary N) is 2. The SMILES string of the molecule is CC[C@H](C)[C@@H]([C@@H](CC(=O)N1CCC[C@H]1[C@H](OC)[C@@H](C)C(=O)N[C@H](C)[C@@H](O)c1ccccc1)OC)N(C)C(=O)[C@@H](NC(=O)[C@H](C(C)C)N(C)C)[C@H](C)N=[N+]=[N-]. The summed E-state index contributed by atoms with van der Waals surface area (Å²) in [6.07, 6.45) is -0.254. The summed E-state index contributed by atoms with van der Waals surface area (Å²) in [7, 11) is 8.24. The Balaban J connectivity index is 2.31. The average Bonchev–Trinajstić information content (AvgIpc) is 3.62. The zero-order chi connectivity index (χ0) is 40.9. The molecule has 0 spiro atoms. The second-order valence-electron chi connectivity index (χ2n) is 15.3. The van der Waals surface area contributed by atoms with Crippen LogP contribution in [0.5, 0.6) is 0 Å². The average molecular weight is 759 g/mol. The topological polar surface area (TPSA) is 190 Å². The first kappa shape index (κ1) is 46.4. The summed E-state index contributed by atoms with van der Waals surface area (Å²) >= 11 is 0. The predicted octanol–water partition coefficient (Wildman–Crippen LogP) is 3.91. The maximum atomic E-state index is 14.3. The Morgan fingerprint density at radius 1 is 1.00 bits per heavy atom. The Morgan fingerprint density at radius 2 is 1.63 bits per heavy atom. The van der Waals surface area contributed by atoms with Crippen molar-refractivity contribution in [3.05, 3.63) is 46.3 Å². The predicted molar refractivity (Wildman–Crippen MR) is 208 cm³/mol. The van der Waals surface area contributed by atoms with Crippen molar-refractivity contribution in [3.63, 3.8) is 0 Å². The third kappa shape index (κ3) is 11.9. The number of nitrogens with zero attached hydrogens (tertiary/aromatic N) is 6. The highest BCUT2D eigenvalue weighted by atomic mass is 16.5. The fraction of sp³-hybridized carbons (Fsp3) is 0.744. The first-order valence-electron chi connectivity index (χ1n) is 19.1. The number of aliphatic hydroxyl groups is 1. The summed E-state index contributed by atoms with van der Waals surface area (Å²) in [6, 6.07) is 5.02. The molecule has 11 atom stereocenters. The summed E-state index contributed by atoms with van der Waals surface area (Å²) < 4.78 is 11.9. The molecule has 1 aromatic carbocycles. The quantitative estimate of drug-likeness (QED) is 0.0956. The minimum atomic E-state index is -1.16. The van der Waals surface area contributed by atoms with Gasteiger partial charge in [-0.3, -0.25) is 24.1 Å². The van der Waals surface area contributed by atoms with Gasteiger partial charge in [0.1, 0.15) is 6.04 Å². The molecule has 3 N–H and O–H groups in total. The number of azide groups is 1. The second-order valence-corrected chi connectivity index (χ2v) is 15.3. The zero-order valence-electron chi connectivity index (χ0n) is 34.4. The van der Waals surface area contributed by atoms with Gasteiger partial charge >= 0.3 is 0 Å². The van der Waals surface area contributed by atoms with Crippen LogP contribution < -0.4 is 10.6 Å². The Morgan fingerprint density at radius 3 is 2.15 bits per heavy atom. The van der Waals surface area contributed by atoms with Crippen molar-refractivity contribution < 1.29 is 33.8 Å². The van der Waals surface area contributed by atoms with Crippen LogP contribution in [0.3, 0.4) is 0 Å². The standard InChI is InChI=1S/C39H66N8O7/c1-13-24(4)34(46(10)39(52)32(26(6)43-44-40)42-38(51)33(23(2)3)45(8)9)30(53-11)22-31(48)47-21-17-20-29(47)36(54-12)25(5)37(50)41-27(7)35(49)28-18-15-14-16-19-28/h14-16,18-19,23-27,29-30,32-36,49H,13,17,20-22H2,1-12H3,(H,41,50)(H,42,51)/t24-,25+,26-,27+,29-,30+,32-,33-,34-,35+,36+/m0/s1. The van der Waals surface area contributed by atoms with Gasteiger partial charge in [0.15, 0.2) is 0 Å². The van der Waals surface area contributed by atoms with Crippen molar-refractivity contribution in [3.8, 4) is 0 Å². The molecule has 0 aliphatic carbocycles. The number of carbonyl (C=O) groups is 4. The van der Waals surface area contributed by atoms with Gasteiger partial charge in [-0.05, 0) is 56.8 Å². The van der Waals surface area contributed by atoms with Crippen molar-refractivity contribution >= 4 is 23.6 Å². The lowest BCUT2D eigenvalue weighted by Gasteiger charge is -2.41. The van der Waals surface area contributed by atoms with E-state index in [2.05, 4.69) is 20.7 Å². The number of likely N-dealkylation sites (tertiary alicyclic amines) is 1. The molecule has 1 aromatic rings. The van der Waals surface area contributed by atoms with E-state index < -0.39 is 60.3 Å².